The van der Waals surface area contributed by atoms with Crippen LogP contribution in [0.5, 0.6) is 0 Å². The maximum atomic E-state index is 13.4. The molecule has 0 saturated carbocycles. The number of aromatic nitrogens is 1. The molecule has 1 atom stereocenters. The molecule has 0 radical (unpaired) electrons. The second kappa shape index (κ2) is 9.46. The number of benzene rings is 1. The van der Waals surface area contributed by atoms with Crippen molar-refractivity contribution in [3.8, 4) is 11.1 Å². The van der Waals surface area contributed by atoms with Gasteiger partial charge in [0.2, 0.25) is 11.8 Å². The molecule has 0 spiro atoms. The van der Waals surface area contributed by atoms with Crippen molar-refractivity contribution in [2.75, 3.05) is 19.6 Å². The molecule has 31 heavy (non-hydrogen) atoms. The lowest BCUT2D eigenvalue weighted by molar-refractivity contribution is -0.147. The molecule has 3 rings (SSSR count). The molecule has 0 aliphatic carbocycles. The second-order valence-electron chi connectivity index (χ2n) is 9.47. The van der Waals surface area contributed by atoms with Gasteiger partial charge in [-0.3, -0.25) is 14.6 Å². The van der Waals surface area contributed by atoms with Crippen LogP contribution in [0.2, 0.25) is 0 Å². The van der Waals surface area contributed by atoms with Crippen LogP contribution in [0.4, 0.5) is 0 Å². The van der Waals surface area contributed by atoms with Gasteiger partial charge in [0.25, 0.3) is 0 Å². The Labute approximate surface area is 185 Å². The molecule has 2 amide bonds. The molecular weight excluding hydrogens is 386 g/mol. The van der Waals surface area contributed by atoms with Crippen LogP contribution in [-0.2, 0) is 16.0 Å². The summed E-state index contributed by atoms with van der Waals surface area (Å²) in [6.07, 6.45) is 7.41. The molecule has 164 valence electrons. The van der Waals surface area contributed by atoms with Crippen molar-refractivity contribution in [3.05, 3.63) is 67.0 Å². The van der Waals surface area contributed by atoms with Crippen molar-refractivity contribution in [2.24, 2.45) is 10.8 Å². The second-order valence-corrected chi connectivity index (χ2v) is 9.47. The number of nitrogens with zero attached hydrogens (tertiary/aromatic N) is 2. The lowest BCUT2D eigenvalue weighted by atomic mass is 9.73. The maximum absolute atomic E-state index is 13.4. The highest BCUT2D eigenvalue weighted by atomic mass is 16.2. The van der Waals surface area contributed by atoms with E-state index in [0.29, 0.717) is 26.1 Å². The zero-order valence-electron chi connectivity index (χ0n) is 18.9. The van der Waals surface area contributed by atoms with E-state index < -0.39 is 10.8 Å². The van der Waals surface area contributed by atoms with E-state index in [-0.39, 0.29) is 11.8 Å². The van der Waals surface area contributed by atoms with Gasteiger partial charge in [-0.2, -0.15) is 0 Å². The summed E-state index contributed by atoms with van der Waals surface area (Å²) in [5, 5.41) is 3.00. The Morgan fingerprint density at radius 1 is 1.19 bits per heavy atom. The van der Waals surface area contributed by atoms with Crippen LogP contribution in [0.1, 0.15) is 39.2 Å². The fourth-order valence-corrected chi connectivity index (χ4v) is 4.34. The van der Waals surface area contributed by atoms with E-state index >= 15 is 0 Å². The molecule has 1 N–H and O–H groups in total. The maximum Gasteiger partial charge on any atom is 0.228 e. The molecule has 5 heteroatoms. The van der Waals surface area contributed by atoms with Gasteiger partial charge in [-0.25, -0.2) is 0 Å². The van der Waals surface area contributed by atoms with Crippen LogP contribution < -0.4 is 5.32 Å². The average Bonchev–Trinajstić information content (AvgIpc) is 2.77. The van der Waals surface area contributed by atoms with Gasteiger partial charge < -0.3 is 10.2 Å². The summed E-state index contributed by atoms with van der Waals surface area (Å²) in [4.78, 5) is 32.3. The summed E-state index contributed by atoms with van der Waals surface area (Å²) >= 11 is 0. The van der Waals surface area contributed by atoms with E-state index in [1.54, 1.807) is 18.5 Å². The smallest absolute Gasteiger partial charge is 0.228 e. The van der Waals surface area contributed by atoms with E-state index in [9.17, 15) is 9.59 Å². The van der Waals surface area contributed by atoms with E-state index in [4.69, 9.17) is 0 Å². The fraction of sp³-hybridized carbons (Fsp3) is 0.423. The van der Waals surface area contributed by atoms with Crippen LogP contribution >= 0.6 is 0 Å². The molecule has 1 aliphatic rings. The first-order valence-corrected chi connectivity index (χ1v) is 10.9. The third-order valence-electron chi connectivity index (χ3n) is 5.88. The minimum absolute atomic E-state index is 0.00637. The van der Waals surface area contributed by atoms with Gasteiger partial charge in [0.05, 0.1) is 5.41 Å². The number of hydrogen-bond donors (Lipinski definition) is 1. The highest BCUT2D eigenvalue weighted by molar-refractivity contribution is 5.86. The van der Waals surface area contributed by atoms with E-state index in [1.807, 2.05) is 43.9 Å². The van der Waals surface area contributed by atoms with E-state index in [2.05, 4.69) is 35.1 Å². The molecule has 5 nitrogen and oxygen atoms in total. The summed E-state index contributed by atoms with van der Waals surface area (Å²) in [5.41, 5.74) is 2.16. The molecule has 0 bridgehead atoms. The number of pyridine rings is 1. The van der Waals surface area contributed by atoms with Gasteiger partial charge in [-0.15, -0.1) is 6.58 Å². The number of hydrogen-bond acceptors (Lipinski definition) is 3. The zero-order chi connectivity index (χ0) is 22.5. The minimum atomic E-state index is -0.654. The molecule has 2 heterocycles. The molecular formula is C26H33N3O2. The van der Waals surface area contributed by atoms with Crippen LogP contribution in [0.25, 0.3) is 11.1 Å². The molecule has 1 fully saturated rings. The Morgan fingerprint density at radius 2 is 1.94 bits per heavy atom. The first-order chi connectivity index (χ1) is 14.7. The highest BCUT2D eigenvalue weighted by Gasteiger charge is 2.44. The molecule has 1 aliphatic heterocycles. The standard InChI is InChI=1S/C26H33N3O2/c1-5-13-28-23(30)26(12-7-16-29(19-26)24(31)25(2,3)4)18-20-8-6-9-22(17-20)21-10-14-27-15-11-21/h5-6,8-11,14-15,17H,1,7,12-13,16,18-19H2,2-4H3,(H,28,30)/t26-/m0/s1. The lowest BCUT2D eigenvalue weighted by Gasteiger charge is -2.43. The SMILES string of the molecule is C=CCNC(=O)[C@]1(Cc2cccc(-c3ccncc3)c2)CCCN(C(=O)C(C)(C)C)C1. The summed E-state index contributed by atoms with van der Waals surface area (Å²) in [6.45, 7) is 11.1. The molecule has 1 saturated heterocycles. The van der Waals surface area contributed by atoms with Crippen LogP contribution in [0, 0.1) is 10.8 Å². The predicted molar refractivity (Wildman–Crippen MR) is 124 cm³/mol. The molecule has 1 aromatic heterocycles. The zero-order valence-corrected chi connectivity index (χ0v) is 18.9. The van der Waals surface area contributed by atoms with Gasteiger partial charge in [0.15, 0.2) is 0 Å². The number of rotatable bonds is 6. The Bertz CT molecular complexity index is 933. The van der Waals surface area contributed by atoms with E-state index in [0.717, 1.165) is 29.5 Å². The molecule has 0 unspecified atom stereocenters. The summed E-state index contributed by atoms with van der Waals surface area (Å²) < 4.78 is 0. The minimum Gasteiger partial charge on any atom is -0.352 e. The third kappa shape index (κ3) is 5.40. The van der Waals surface area contributed by atoms with Gasteiger partial charge in [-0.1, -0.05) is 51.1 Å². The number of carbonyl (C=O) groups excluding carboxylic acids is 2. The van der Waals surface area contributed by atoms with Gasteiger partial charge >= 0.3 is 0 Å². The number of nitrogens with one attached hydrogen (secondary N) is 1. The Hall–Kier alpha value is -2.95. The van der Waals surface area contributed by atoms with Gasteiger partial charge in [0, 0.05) is 37.4 Å². The quantitative estimate of drug-likeness (QED) is 0.712. The third-order valence-corrected chi connectivity index (χ3v) is 5.88. The van der Waals surface area contributed by atoms with Crippen molar-refractivity contribution >= 4 is 11.8 Å². The lowest BCUT2D eigenvalue weighted by Crippen LogP contribution is -2.56. The first-order valence-electron chi connectivity index (χ1n) is 10.9. The van der Waals surface area contributed by atoms with E-state index in [1.165, 1.54) is 0 Å². The summed E-state index contributed by atoms with van der Waals surface area (Å²) in [6, 6.07) is 12.3. The topological polar surface area (TPSA) is 62.3 Å². The van der Waals surface area contributed by atoms with Crippen LogP contribution in [0.15, 0.2) is 61.4 Å². The van der Waals surface area contributed by atoms with Crippen molar-refractivity contribution in [3.63, 3.8) is 0 Å². The molecule has 2 aromatic rings. The fourth-order valence-electron chi connectivity index (χ4n) is 4.34. The largest absolute Gasteiger partial charge is 0.352 e. The van der Waals surface area contributed by atoms with Crippen molar-refractivity contribution in [1.82, 2.24) is 15.2 Å². The highest BCUT2D eigenvalue weighted by Crippen LogP contribution is 2.36. The Morgan fingerprint density at radius 3 is 2.61 bits per heavy atom. The van der Waals surface area contributed by atoms with Crippen molar-refractivity contribution in [2.45, 2.75) is 40.0 Å². The van der Waals surface area contributed by atoms with Crippen LogP contribution in [-0.4, -0.2) is 41.3 Å². The monoisotopic (exact) mass is 419 g/mol. The van der Waals surface area contributed by atoms with Crippen molar-refractivity contribution in [1.29, 1.82) is 0 Å². The number of amides is 2. The number of piperidine rings is 1. The van der Waals surface area contributed by atoms with Crippen molar-refractivity contribution < 1.29 is 9.59 Å². The average molecular weight is 420 g/mol. The number of carbonyl (C=O) groups is 2. The van der Waals surface area contributed by atoms with Gasteiger partial charge in [0.1, 0.15) is 0 Å². The summed E-state index contributed by atoms with van der Waals surface area (Å²) in [7, 11) is 0. The molecule has 1 aromatic carbocycles. The van der Waals surface area contributed by atoms with Gasteiger partial charge in [-0.05, 0) is 48.1 Å². The normalized spacial score (nSPS) is 19.0. The number of likely N-dealkylation sites (tertiary alicyclic amines) is 1. The summed E-state index contributed by atoms with van der Waals surface area (Å²) in [5.74, 6) is 0.0896. The van der Waals surface area contributed by atoms with Crippen LogP contribution in [0.3, 0.4) is 0 Å². The Kier molecular flexibility index (Phi) is 6.94. The predicted octanol–water partition coefficient (Wildman–Crippen LogP) is 4.25. The first kappa shape index (κ1) is 22.7. The Balaban J connectivity index is 1.92.